The third-order valence-electron chi connectivity index (χ3n) is 4.57. The van der Waals surface area contributed by atoms with Gasteiger partial charge in [-0.1, -0.05) is 19.1 Å². The first-order chi connectivity index (χ1) is 9.56. The molecule has 0 radical (unpaired) electrons. The molecule has 0 bridgehead atoms. The average Bonchev–Trinajstić information content (AvgIpc) is 2.90. The van der Waals surface area contributed by atoms with Crippen molar-refractivity contribution in [2.24, 2.45) is 17.8 Å². The molecule has 20 heavy (non-hydrogen) atoms. The number of benzene rings is 1. The number of imide groups is 1. The Bertz CT molecular complexity index is 514. The summed E-state index contributed by atoms with van der Waals surface area (Å²) in [7, 11) is 0. The molecule has 2 fully saturated rings. The Morgan fingerprint density at radius 1 is 1.10 bits per heavy atom. The summed E-state index contributed by atoms with van der Waals surface area (Å²) >= 11 is 0. The van der Waals surface area contributed by atoms with Crippen molar-refractivity contribution in [1.29, 1.82) is 0 Å². The van der Waals surface area contributed by atoms with E-state index in [-0.39, 0.29) is 23.7 Å². The number of carbonyl (C=O) groups is 2. The molecule has 2 unspecified atom stereocenters. The smallest absolute Gasteiger partial charge is 0.233 e. The SMILES string of the molecule is CC1CC2C(=O)N(CCc3ccc(N)cc3)C(=O)C2C1. The number of hydrogen-bond donors (Lipinski definition) is 1. The van der Waals surface area contributed by atoms with Crippen LogP contribution in [0.15, 0.2) is 24.3 Å². The summed E-state index contributed by atoms with van der Waals surface area (Å²) in [6.45, 7) is 2.61. The Morgan fingerprint density at radius 3 is 2.20 bits per heavy atom. The van der Waals surface area contributed by atoms with Crippen LogP contribution in [-0.2, 0) is 16.0 Å². The predicted octanol–water partition coefficient (Wildman–Crippen LogP) is 1.84. The number of hydrogen-bond acceptors (Lipinski definition) is 3. The molecule has 2 aliphatic rings. The lowest BCUT2D eigenvalue weighted by Gasteiger charge is -2.16. The first kappa shape index (κ1) is 13.2. The topological polar surface area (TPSA) is 63.4 Å². The second kappa shape index (κ2) is 4.93. The largest absolute Gasteiger partial charge is 0.399 e. The molecule has 0 spiro atoms. The summed E-state index contributed by atoms with van der Waals surface area (Å²) in [4.78, 5) is 26.1. The van der Waals surface area contributed by atoms with Crippen LogP contribution in [0.1, 0.15) is 25.3 Å². The number of likely N-dealkylation sites (tertiary alicyclic amines) is 1. The molecule has 2 atom stereocenters. The summed E-state index contributed by atoms with van der Waals surface area (Å²) < 4.78 is 0. The van der Waals surface area contributed by atoms with Gasteiger partial charge in [0.1, 0.15) is 0 Å². The number of fused-ring (bicyclic) bond motifs is 1. The molecule has 1 aromatic rings. The van der Waals surface area contributed by atoms with Gasteiger partial charge in [0.15, 0.2) is 0 Å². The van der Waals surface area contributed by atoms with Crippen LogP contribution < -0.4 is 5.73 Å². The summed E-state index contributed by atoms with van der Waals surface area (Å²) in [6.07, 6.45) is 2.44. The van der Waals surface area contributed by atoms with Crippen molar-refractivity contribution in [3.63, 3.8) is 0 Å². The summed E-state index contributed by atoms with van der Waals surface area (Å²) in [5, 5.41) is 0. The molecule has 1 aromatic carbocycles. The quantitative estimate of drug-likeness (QED) is 0.674. The standard InChI is InChI=1S/C16H20N2O2/c1-10-8-13-14(9-10)16(20)18(15(13)19)7-6-11-2-4-12(17)5-3-11/h2-5,10,13-14H,6-9,17H2,1H3. The Labute approximate surface area is 118 Å². The third kappa shape index (κ3) is 2.19. The zero-order valence-corrected chi connectivity index (χ0v) is 11.7. The van der Waals surface area contributed by atoms with Crippen molar-refractivity contribution in [2.75, 3.05) is 12.3 Å². The van der Waals surface area contributed by atoms with E-state index in [9.17, 15) is 9.59 Å². The number of anilines is 1. The van der Waals surface area contributed by atoms with E-state index in [1.807, 2.05) is 24.3 Å². The zero-order chi connectivity index (χ0) is 14.3. The number of carbonyl (C=O) groups excluding carboxylic acids is 2. The van der Waals surface area contributed by atoms with Gasteiger partial charge in [-0.25, -0.2) is 0 Å². The van der Waals surface area contributed by atoms with Gasteiger partial charge in [-0.05, 0) is 42.9 Å². The Kier molecular flexibility index (Phi) is 3.24. The maximum atomic E-state index is 12.3. The molecular weight excluding hydrogens is 252 g/mol. The van der Waals surface area contributed by atoms with Crippen LogP contribution in [0, 0.1) is 17.8 Å². The summed E-state index contributed by atoms with van der Waals surface area (Å²) in [5.74, 6) is 0.476. The molecule has 2 amide bonds. The Balaban J connectivity index is 1.65. The minimum atomic E-state index is -0.0519. The lowest BCUT2D eigenvalue weighted by Crippen LogP contribution is -2.34. The van der Waals surface area contributed by atoms with E-state index in [4.69, 9.17) is 5.73 Å². The Morgan fingerprint density at radius 2 is 1.65 bits per heavy atom. The van der Waals surface area contributed by atoms with Gasteiger partial charge in [-0.15, -0.1) is 0 Å². The van der Waals surface area contributed by atoms with Crippen LogP contribution in [0.25, 0.3) is 0 Å². The normalized spacial score (nSPS) is 29.1. The molecule has 1 aliphatic carbocycles. The van der Waals surface area contributed by atoms with Gasteiger partial charge >= 0.3 is 0 Å². The van der Waals surface area contributed by atoms with Gasteiger partial charge in [0.05, 0.1) is 11.8 Å². The molecule has 4 heteroatoms. The van der Waals surface area contributed by atoms with Crippen molar-refractivity contribution in [3.05, 3.63) is 29.8 Å². The van der Waals surface area contributed by atoms with Gasteiger partial charge in [-0.3, -0.25) is 14.5 Å². The fourth-order valence-corrected chi connectivity index (χ4v) is 3.49. The van der Waals surface area contributed by atoms with Crippen molar-refractivity contribution in [3.8, 4) is 0 Å². The van der Waals surface area contributed by atoms with Crippen LogP contribution in [0.5, 0.6) is 0 Å². The van der Waals surface area contributed by atoms with Gasteiger partial charge in [-0.2, -0.15) is 0 Å². The maximum absolute atomic E-state index is 12.3. The minimum Gasteiger partial charge on any atom is -0.399 e. The molecule has 1 heterocycles. The van der Waals surface area contributed by atoms with Crippen molar-refractivity contribution >= 4 is 17.5 Å². The van der Waals surface area contributed by atoms with Gasteiger partial charge in [0.25, 0.3) is 0 Å². The monoisotopic (exact) mass is 272 g/mol. The van der Waals surface area contributed by atoms with E-state index < -0.39 is 0 Å². The van der Waals surface area contributed by atoms with E-state index in [0.717, 1.165) is 24.1 Å². The zero-order valence-electron chi connectivity index (χ0n) is 11.7. The number of nitrogens with two attached hydrogens (primary N) is 1. The summed E-state index contributed by atoms with van der Waals surface area (Å²) in [5.41, 5.74) is 7.47. The highest BCUT2D eigenvalue weighted by Gasteiger charge is 2.51. The van der Waals surface area contributed by atoms with E-state index in [1.165, 1.54) is 4.90 Å². The Hall–Kier alpha value is -1.84. The number of nitrogens with zero attached hydrogens (tertiary/aromatic N) is 1. The lowest BCUT2D eigenvalue weighted by atomic mass is 10.00. The van der Waals surface area contributed by atoms with E-state index >= 15 is 0 Å². The maximum Gasteiger partial charge on any atom is 0.233 e. The molecule has 106 valence electrons. The second-order valence-corrected chi connectivity index (χ2v) is 6.11. The van der Waals surface area contributed by atoms with Crippen LogP contribution in [-0.4, -0.2) is 23.3 Å². The molecule has 1 aliphatic heterocycles. The van der Waals surface area contributed by atoms with Crippen LogP contribution in [0.3, 0.4) is 0 Å². The molecular formula is C16H20N2O2. The molecule has 2 N–H and O–H groups in total. The third-order valence-corrected chi connectivity index (χ3v) is 4.57. The highest BCUT2D eigenvalue weighted by molar-refractivity contribution is 6.05. The van der Waals surface area contributed by atoms with Crippen molar-refractivity contribution < 1.29 is 9.59 Å². The molecule has 4 nitrogen and oxygen atoms in total. The van der Waals surface area contributed by atoms with Gasteiger partial charge < -0.3 is 5.73 Å². The van der Waals surface area contributed by atoms with E-state index in [2.05, 4.69) is 6.92 Å². The predicted molar refractivity (Wildman–Crippen MR) is 76.7 cm³/mol. The molecule has 0 aromatic heterocycles. The van der Waals surface area contributed by atoms with Crippen molar-refractivity contribution in [1.82, 2.24) is 4.90 Å². The lowest BCUT2D eigenvalue weighted by molar-refractivity contribution is -0.140. The van der Waals surface area contributed by atoms with Crippen LogP contribution in [0.4, 0.5) is 5.69 Å². The van der Waals surface area contributed by atoms with E-state index in [1.54, 1.807) is 0 Å². The fraction of sp³-hybridized carbons (Fsp3) is 0.500. The van der Waals surface area contributed by atoms with Gasteiger partial charge in [0, 0.05) is 12.2 Å². The van der Waals surface area contributed by atoms with Gasteiger partial charge in [0.2, 0.25) is 11.8 Å². The van der Waals surface area contributed by atoms with Crippen LogP contribution in [0.2, 0.25) is 0 Å². The minimum absolute atomic E-state index is 0.0415. The summed E-state index contributed by atoms with van der Waals surface area (Å²) in [6, 6.07) is 7.59. The van der Waals surface area contributed by atoms with Crippen molar-refractivity contribution in [2.45, 2.75) is 26.2 Å². The number of amides is 2. The molecule has 1 saturated carbocycles. The van der Waals surface area contributed by atoms with Crippen LogP contribution >= 0.6 is 0 Å². The molecule has 1 saturated heterocycles. The number of rotatable bonds is 3. The van der Waals surface area contributed by atoms with E-state index in [0.29, 0.717) is 18.9 Å². The number of nitrogen functional groups attached to an aromatic ring is 1. The molecule has 3 rings (SSSR count). The highest BCUT2D eigenvalue weighted by atomic mass is 16.2. The second-order valence-electron chi connectivity index (χ2n) is 6.11. The highest BCUT2D eigenvalue weighted by Crippen LogP contribution is 2.42. The average molecular weight is 272 g/mol. The first-order valence-electron chi connectivity index (χ1n) is 7.26. The fourth-order valence-electron chi connectivity index (χ4n) is 3.49. The first-order valence-corrected chi connectivity index (χ1v) is 7.26.